The van der Waals surface area contributed by atoms with Crippen molar-refractivity contribution in [3.05, 3.63) is 78.9 Å². The van der Waals surface area contributed by atoms with Gasteiger partial charge in [0, 0.05) is 18.8 Å². The fraction of sp³-hybridized carbons (Fsp3) is 0.105. The second-order valence-corrected chi connectivity index (χ2v) is 5.52. The van der Waals surface area contributed by atoms with Gasteiger partial charge in [0.2, 0.25) is 0 Å². The zero-order valence-electron chi connectivity index (χ0n) is 12.8. The minimum atomic E-state index is 0.101. The molecular formula is C19H16N4. The number of fused-ring (bicyclic) bond motifs is 1. The Kier molecular flexibility index (Phi) is 3.35. The summed E-state index contributed by atoms with van der Waals surface area (Å²) in [5.41, 5.74) is 4.65. The van der Waals surface area contributed by atoms with Crippen molar-refractivity contribution >= 4 is 11.0 Å². The largest absolute Gasteiger partial charge is 0.368 e. The van der Waals surface area contributed by atoms with Gasteiger partial charge >= 0.3 is 0 Å². The number of nitrogens with zero attached hydrogens (tertiary/aromatic N) is 4. The summed E-state index contributed by atoms with van der Waals surface area (Å²) in [6.07, 6.45) is 11.9. The minimum absolute atomic E-state index is 0.101. The number of aromatic nitrogens is 3. The second-order valence-electron chi connectivity index (χ2n) is 5.52. The van der Waals surface area contributed by atoms with Crippen LogP contribution in [0.5, 0.6) is 0 Å². The molecule has 0 saturated carbocycles. The first-order valence-electron chi connectivity index (χ1n) is 7.57. The highest BCUT2D eigenvalue weighted by Crippen LogP contribution is 2.30. The number of hydrogen-bond acceptors (Lipinski definition) is 4. The Labute approximate surface area is 134 Å². The summed E-state index contributed by atoms with van der Waals surface area (Å²) in [5, 5.41) is 0. The van der Waals surface area contributed by atoms with Crippen molar-refractivity contribution in [1.82, 2.24) is 19.9 Å². The van der Waals surface area contributed by atoms with Crippen molar-refractivity contribution in [1.29, 1.82) is 0 Å². The first kappa shape index (κ1) is 13.6. The first-order chi connectivity index (χ1) is 11.3. The zero-order valence-corrected chi connectivity index (χ0v) is 12.8. The molecule has 0 spiro atoms. The van der Waals surface area contributed by atoms with Crippen molar-refractivity contribution in [2.45, 2.75) is 6.04 Å². The Bertz CT molecular complexity index is 914. The maximum absolute atomic E-state index is 4.76. The van der Waals surface area contributed by atoms with Crippen LogP contribution in [0, 0.1) is 0 Å². The molecule has 23 heavy (non-hydrogen) atoms. The third-order valence-corrected chi connectivity index (χ3v) is 4.01. The van der Waals surface area contributed by atoms with Crippen LogP contribution in [-0.4, -0.2) is 26.9 Å². The quantitative estimate of drug-likeness (QED) is 0.723. The molecule has 1 atom stereocenters. The number of para-hydroxylation sites is 2. The monoisotopic (exact) mass is 300 g/mol. The first-order valence-corrected chi connectivity index (χ1v) is 7.57. The zero-order chi connectivity index (χ0) is 15.6. The average molecular weight is 300 g/mol. The molecular weight excluding hydrogens is 284 g/mol. The highest BCUT2D eigenvalue weighted by molar-refractivity contribution is 5.77. The molecule has 0 saturated heterocycles. The Morgan fingerprint density at radius 1 is 0.957 bits per heavy atom. The van der Waals surface area contributed by atoms with E-state index in [-0.39, 0.29) is 6.04 Å². The van der Waals surface area contributed by atoms with Gasteiger partial charge in [-0.2, -0.15) is 0 Å². The van der Waals surface area contributed by atoms with Crippen molar-refractivity contribution < 1.29 is 0 Å². The molecule has 4 nitrogen and oxygen atoms in total. The molecule has 4 rings (SSSR count). The summed E-state index contributed by atoms with van der Waals surface area (Å²) in [6, 6.07) is 12.0. The Morgan fingerprint density at radius 3 is 2.70 bits per heavy atom. The van der Waals surface area contributed by atoms with E-state index in [1.807, 2.05) is 48.8 Å². The molecule has 1 aromatic carbocycles. The van der Waals surface area contributed by atoms with E-state index in [0.717, 1.165) is 28.0 Å². The fourth-order valence-electron chi connectivity index (χ4n) is 2.82. The number of hydrogen-bond donors (Lipinski definition) is 0. The molecule has 1 aliphatic heterocycles. The van der Waals surface area contributed by atoms with Crippen molar-refractivity contribution in [3.63, 3.8) is 0 Å². The van der Waals surface area contributed by atoms with E-state index in [2.05, 4.69) is 46.3 Å². The van der Waals surface area contributed by atoms with E-state index >= 15 is 0 Å². The maximum atomic E-state index is 4.76. The normalized spacial score (nSPS) is 16.9. The van der Waals surface area contributed by atoms with Gasteiger partial charge in [0.05, 0.1) is 34.7 Å². The fourth-order valence-corrected chi connectivity index (χ4v) is 2.82. The summed E-state index contributed by atoms with van der Waals surface area (Å²) in [7, 11) is 2.05. The summed E-state index contributed by atoms with van der Waals surface area (Å²) in [5.74, 6) is 0. The van der Waals surface area contributed by atoms with Crippen LogP contribution in [0.15, 0.2) is 73.2 Å². The topological polar surface area (TPSA) is 41.9 Å². The molecule has 0 radical (unpaired) electrons. The van der Waals surface area contributed by atoms with Gasteiger partial charge in [0.15, 0.2) is 0 Å². The SMILES string of the molecule is CN1C=CC=CC1c1ncccc1-c1cnc2ccccc2n1. The number of pyridine rings is 1. The minimum Gasteiger partial charge on any atom is -0.368 e. The van der Waals surface area contributed by atoms with Gasteiger partial charge in [-0.15, -0.1) is 0 Å². The van der Waals surface area contributed by atoms with Gasteiger partial charge < -0.3 is 4.90 Å². The molecule has 0 amide bonds. The van der Waals surface area contributed by atoms with Gasteiger partial charge in [0.1, 0.15) is 0 Å². The number of benzene rings is 1. The van der Waals surface area contributed by atoms with E-state index < -0.39 is 0 Å². The van der Waals surface area contributed by atoms with E-state index in [1.54, 1.807) is 0 Å². The van der Waals surface area contributed by atoms with Crippen molar-refractivity contribution in [2.75, 3.05) is 7.05 Å². The highest BCUT2D eigenvalue weighted by Gasteiger charge is 2.19. The van der Waals surface area contributed by atoms with Gasteiger partial charge in [-0.05, 0) is 36.5 Å². The molecule has 4 heteroatoms. The van der Waals surface area contributed by atoms with Crippen LogP contribution < -0.4 is 0 Å². The summed E-state index contributed by atoms with van der Waals surface area (Å²) in [6.45, 7) is 0. The molecule has 0 bridgehead atoms. The summed E-state index contributed by atoms with van der Waals surface area (Å²) >= 11 is 0. The molecule has 112 valence electrons. The standard InChI is InChI=1S/C19H16N4/c1-23-12-5-4-10-18(23)19-14(7-6-11-20-19)17-13-21-15-8-2-3-9-16(15)22-17/h2-13,18H,1H3. The van der Waals surface area contributed by atoms with Crippen LogP contribution in [-0.2, 0) is 0 Å². The lowest BCUT2D eigenvalue weighted by Gasteiger charge is -2.27. The Balaban J connectivity index is 1.85. The van der Waals surface area contributed by atoms with Crippen LogP contribution >= 0.6 is 0 Å². The average Bonchev–Trinajstić information content (AvgIpc) is 2.62. The Hall–Kier alpha value is -3.01. The van der Waals surface area contributed by atoms with Crippen LogP contribution in [0.1, 0.15) is 11.7 Å². The molecule has 2 aromatic heterocycles. The van der Waals surface area contributed by atoms with Gasteiger partial charge in [0.25, 0.3) is 0 Å². The smallest absolute Gasteiger partial charge is 0.0912 e. The Morgan fingerprint density at radius 2 is 1.83 bits per heavy atom. The molecule has 0 N–H and O–H groups in total. The number of rotatable bonds is 2. The van der Waals surface area contributed by atoms with Crippen LogP contribution in [0.4, 0.5) is 0 Å². The van der Waals surface area contributed by atoms with E-state index in [4.69, 9.17) is 4.98 Å². The third-order valence-electron chi connectivity index (χ3n) is 4.01. The van der Waals surface area contributed by atoms with E-state index in [9.17, 15) is 0 Å². The number of likely N-dealkylation sites (N-methyl/N-ethyl adjacent to an activating group) is 1. The molecule has 0 fully saturated rings. The lowest BCUT2D eigenvalue weighted by atomic mass is 10.0. The lowest BCUT2D eigenvalue weighted by molar-refractivity contribution is 0.383. The molecule has 0 aliphatic carbocycles. The predicted octanol–water partition coefficient (Wildman–Crippen LogP) is 3.75. The van der Waals surface area contributed by atoms with Crippen molar-refractivity contribution in [2.24, 2.45) is 0 Å². The van der Waals surface area contributed by atoms with Crippen LogP contribution in [0.3, 0.4) is 0 Å². The predicted molar refractivity (Wildman–Crippen MR) is 91.6 cm³/mol. The van der Waals surface area contributed by atoms with Crippen LogP contribution in [0.25, 0.3) is 22.3 Å². The van der Waals surface area contributed by atoms with Crippen molar-refractivity contribution in [3.8, 4) is 11.3 Å². The highest BCUT2D eigenvalue weighted by atomic mass is 15.1. The maximum Gasteiger partial charge on any atom is 0.0912 e. The van der Waals surface area contributed by atoms with Gasteiger partial charge in [-0.25, -0.2) is 4.98 Å². The lowest BCUT2D eigenvalue weighted by Crippen LogP contribution is -2.20. The number of allylic oxidation sites excluding steroid dienone is 2. The second kappa shape index (κ2) is 5.65. The summed E-state index contributed by atoms with van der Waals surface area (Å²) in [4.78, 5) is 16.0. The molecule has 1 unspecified atom stereocenters. The molecule has 3 heterocycles. The third kappa shape index (κ3) is 2.48. The summed E-state index contributed by atoms with van der Waals surface area (Å²) < 4.78 is 0. The molecule has 1 aliphatic rings. The van der Waals surface area contributed by atoms with Crippen LogP contribution in [0.2, 0.25) is 0 Å². The van der Waals surface area contributed by atoms with E-state index in [0.29, 0.717) is 0 Å². The van der Waals surface area contributed by atoms with Gasteiger partial charge in [-0.3, -0.25) is 9.97 Å². The molecule has 3 aromatic rings. The van der Waals surface area contributed by atoms with Gasteiger partial charge in [-0.1, -0.05) is 24.3 Å². The van der Waals surface area contributed by atoms with E-state index in [1.165, 1.54) is 0 Å².